The maximum atomic E-state index is 13.5. The molecular formula is C25H18N2O5. The summed E-state index contributed by atoms with van der Waals surface area (Å²) in [5.74, 6) is -2.02. The summed E-state index contributed by atoms with van der Waals surface area (Å²) >= 11 is 0. The fraction of sp³-hybridized carbons (Fsp3) is 0.0800. The highest BCUT2D eigenvalue weighted by atomic mass is 16.2. The maximum absolute atomic E-state index is 13.5. The normalized spacial score (nSPS) is 11.9. The molecule has 0 spiro atoms. The smallest absolute Gasteiger partial charge is 0.221 e. The third-order valence-electron chi connectivity index (χ3n) is 5.10. The molecule has 2 N–H and O–H groups in total. The first kappa shape index (κ1) is 20.9. The largest absolute Gasteiger partial charge is 0.326 e. The van der Waals surface area contributed by atoms with Gasteiger partial charge in [-0.15, -0.1) is 0 Å². The standard InChI is InChI=1S/C25H18N2O5/c1-13(28)26-16-9-7-15(8-10-16)23(30)22-20(27-14(2)29)12-11-19-21(22)25(32)18-6-4-3-5-17(18)24(19)31/h3-12H,1-2H3,(H,26,28)(H,27,29). The van der Waals surface area contributed by atoms with E-state index in [1.54, 1.807) is 36.4 Å². The summed E-state index contributed by atoms with van der Waals surface area (Å²) in [6.45, 7) is 2.66. The molecule has 1 aliphatic carbocycles. The summed E-state index contributed by atoms with van der Waals surface area (Å²) < 4.78 is 0. The topological polar surface area (TPSA) is 109 Å². The van der Waals surface area contributed by atoms with Crippen LogP contribution >= 0.6 is 0 Å². The van der Waals surface area contributed by atoms with Gasteiger partial charge in [0.2, 0.25) is 11.8 Å². The Morgan fingerprint density at radius 1 is 0.656 bits per heavy atom. The van der Waals surface area contributed by atoms with E-state index in [1.165, 1.54) is 38.1 Å². The number of rotatable bonds is 4. The number of amides is 2. The quantitative estimate of drug-likeness (QED) is 0.485. The van der Waals surface area contributed by atoms with E-state index in [0.717, 1.165) is 0 Å². The molecule has 0 unspecified atom stereocenters. The number of hydrogen-bond donors (Lipinski definition) is 2. The monoisotopic (exact) mass is 426 g/mol. The Hall–Kier alpha value is -4.39. The number of hydrogen-bond acceptors (Lipinski definition) is 5. The zero-order chi connectivity index (χ0) is 23.0. The highest BCUT2D eigenvalue weighted by Crippen LogP contribution is 2.34. The fourth-order valence-electron chi connectivity index (χ4n) is 3.77. The molecule has 0 saturated carbocycles. The van der Waals surface area contributed by atoms with Crippen LogP contribution in [0.25, 0.3) is 0 Å². The average Bonchev–Trinajstić information content (AvgIpc) is 2.76. The van der Waals surface area contributed by atoms with Crippen molar-refractivity contribution < 1.29 is 24.0 Å². The van der Waals surface area contributed by atoms with Crippen molar-refractivity contribution in [2.45, 2.75) is 13.8 Å². The van der Waals surface area contributed by atoms with Crippen molar-refractivity contribution in [3.05, 3.63) is 94.0 Å². The summed E-state index contributed by atoms with van der Waals surface area (Å²) in [5, 5.41) is 5.21. The third-order valence-corrected chi connectivity index (χ3v) is 5.10. The Bertz CT molecular complexity index is 1320. The number of ketones is 3. The lowest BCUT2D eigenvalue weighted by atomic mass is 9.79. The van der Waals surface area contributed by atoms with Gasteiger partial charge in [-0.05, 0) is 36.4 Å². The van der Waals surface area contributed by atoms with Gasteiger partial charge in [-0.25, -0.2) is 0 Å². The predicted molar refractivity (Wildman–Crippen MR) is 118 cm³/mol. The van der Waals surface area contributed by atoms with Crippen molar-refractivity contribution in [1.29, 1.82) is 0 Å². The Morgan fingerprint density at radius 2 is 1.25 bits per heavy atom. The number of carbonyl (C=O) groups excluding carboxylic acids is 5. The molecule has 0 fully saturated rings. The van der Waals surface area contributed by atoms with Gasteiger partial charge in [0.15, 0.2) is 17.3 Å². The van der Waals surface area contributed by atoms with Crippen molar-refractivity contribution in [1.82, 2.24) is 0 Å². The molecule has 4 rings (SSSR count). The maximum Gasteiger partial charge on any atom is 0.221 e. The summed E-state index contributed by atoms with van der Waals surface area (Å²) in [6, 6.07) is 15.5. The van der Waals surface area contributed by atoms with Crippen molar-refractivity contribution >= 4 is 40.5 Å². The number of anilines is 2. The summed E-state index contributed by atoms with van der Waals surface area (Å²) in [5.41, 5.74) is 1.41. The van der Waals surface area contributed by atoms with Crippen LogP contribution in [0.1, 0.15) is 61.6 Å². The fourth-order valence-corrected chi connectivity index (χ4v) is 3.77. The Morgan fingerprint density at radius 3 is 1.84 bits per heavy atom. The van der Waals surface area contributed by atoms with E-state index >= 15 is 0 Å². The molecule has 0 radical (unpaired) electrons. The van der Waals surface area contributed by atoms with Gasteiger partial charge in [-0.3, -0.25) is 24.0 Å². The molecule has 3 aromatic carbocycles. The predicted octanol–water partition coefficient (Wildman–Crippen LogP) is 3.61. The van der Waals surface area contributed by atoms with Crippen LogP contribution in [0.2, 0.25) is 0 Å². The molecular weight excluding hydrogens is 408 g/mol. The molecule has 1 aliphatic rings. The van der Waals surface area contributed by atoms with Crippen LogP contribution in [0.3, 0.4) is 0 Å². The number of fused-ring (bicyclic) bond motifs is 2. The van der Waals surface area contributed by atoms with Crippen molar-refractivity contribution in [3.63, 3.8) is 0 Å². The van der Waals surface area contributed by atoms with E-state index in [1.807, 2.05) is 0 Å². The molecule has 7 heteroatoms. The molecule has 0 bridgehead atoms. The van der Waals surface area contributed by atoms with Crippen LogP contribution in [0, 0.1) is 0 Å². The molecule has 0 saturated heterocycles. The van der Waals surface area contributed by atoms with Gasteiger partial charge < -0.3 is 10.6 Å². The lowest BCUT2D eigenvalue weighted by Gasteiger charge is -2.22. The molecule has 0 heterocycles. The molecule has 3 aromatic rings. The van der Waals surface area contributed by atoms with Crippen LogP contribution in [0.15, 0.2) is 60.7 Å². The minimum atomic E-state index is -0.527. The summed E-state index contributed by atoms with van der Waals surface area (Å²) in [7, 11) is 0. The second kappa shape index (κ2) is 8.03. The first-order valence-electron chi connectivity index (χ1n) is 9.83. The molecule has 2 amide bonds. The second-order valence-electron chi connectivity index (χ2n) is 7.38. The van der Waals surface area contributed by atoms with E-state index in [2.05, 4.69) is 10.6 Å². The minimum absolute atomic E-state index is 0.0316. The Balaban J connectivity index is 1.89. The van der Waals surface area contributed by atoms with Gasteiger partial charge in [-0.2, -0.15) is 0 Å². The Labute approximate surface area is 183 Å². The SMILES string of the molecule is CC(=O)Nc1ccc(C(=O)c2c(NC(C)=O)ccc3c2C(=O)c2ccccc2C3=O)cc1. The molecule has 158 valence electrons. The second-order valence-corrected chi connectivity index (χ2v) is 7.38. The number of carbonyl (C=O) groups is 5. The van der Waals surface area contributed by atoms with Crippen molar-refractivity contribution in [2.24, 2.45) is 0 Å². The Kier molecular flexibility index (Phi) is 5.24. The average molecular weight is 426 g/mol. The van der Waals surface area contributed by atoms with E-state index < -0.39 is 17.5 Å². The van der Waals surface area contributed by atoms with Crippen LogP contribution in [-0.4, -0.2) is 29.2 Å². The van der Waals surface area contributed by atoms with E-state index in [4.69, 9.17) is 0 Å². The lowest BCUT2D eigenvalue weighted by Crippen LogP contribution is -2.25. The van der Waals surface area contributed by atoms with Gasteiger partial charge in [0.25, 0.3) is 0 Å². The van der Waals surface area contributed by atoms with E-state index in [0.29, 0.717) is 5.69 Å². The zero-order valence-electron chi connectivity index (χ0n) is 17.3. The van der Waals surface area contributed by atoms with Crippen LogP contribution in [-0.2, 0) is 9.59 Å². The van der Waals surface area contributed by atoms with Gasteiger partial charge in [0, 0.05) is 47.4 Å². The van der Waals surface area contributed by atoms with Gasteiger partial charge in [-0.1, -0.05) is 24.3 Å². The van der Waals surface area contributed by atoms with Gasteiger partial charge in [0.05, 0.1) is 11.3 Å². The minimum Gasteiger partial charge on any atom is -0.326 e. The third kappa shape index (κ3) is 3.60. The molecule has 7 nitrogen and oxygen atoms in total. The molecule has 32 heavy (non-hydrogen) atoms. The van der Waals surface area contributed by atoms with Crippen molar-refractivity contribution in [3.8, 4) is 0 Å². The molecule has 0 atom stereocenters. The first-order valence-corrected chi connectivity index (χ1v) is 9.83. The van der Waals surface area contributed by atoms with Crippen LogP contribution < -0.4 is 10.6 Å². The van der Waals surface area contributed by atoms with Gasteiger partial charge in [0.1, 0.15) is 0 Å². The van der Waals surface area contributed by atoms with E-state index in [-0.39, 0.29) is 50.8 Å². The summed E-state index contributed by atoms with van der Waals surface area (Å²) in [4.78, 5) is 62.9. The van der Waals surface area contributed by atoms with Crippen molar-refractivity contribution in [2.75, 3.05) is 10.6 Å². The van der Waals surface area contributed by atoms with Crippen LogP contribution in [0.5, 0.6) is 0 Å². The number of benzene rings is 3. The van der Waals surface area contributed by atoms with E-state index in [9.17, 15) is 24.0 Å². The van der Waals surface area contributed by atoms with Gasteiger partial charge >= 0.3 is 0 Å². The highest BCUT2D eigenvalue weighted by molar-refractivity contribution is 6.33. The molecule has 0 aromatic heterocycles. The first-order chi connectivity index (χ1) is 15.3. The molecule has 0 aliphatic heterocycles. The lowest BCUT2D eigenvalue weighted by molar-refractivity contribution is -0.115. The summed E-state index contributed by atoms with van der Waals surface area (Å²) in [6.07, 6.45) is 0. The highest BCUT2D eigenvalue weighted by Gasteiger charge is 2.35. The zero-order valence-corrected chi connectivity index (χ0v) is 17.3. The number of nitrogens with one attached hydrogen (secondary N) is 2. The van der Waals surface area contributed by atoms with Crippen LogP contribution in [0.4, 0.5) is 11.4 Å².